The minimum absolute atomic E-state index is 0.412. The Bertz CT molecular complexity index is 3640. The molecule has 0 amide bonds. The molecule has 0 aliphatic heterocycles. The zero-order valence-electron chi connectivity index (χ0n) is 37.8. The van der Waals surface area contributed by atoms with Gasteiger partial charge in [0.15, 0.2) is 0 Å². The van der Waals surface area contributed by atoms with Gasteiger partial charge in [0.2, 0.25) is 0 Å². The molecule has 0 N–H and O–H groups in total. The minimum atomic E-state index is -0.412. The lowest BCUT2D eigenvalue weighted by Gasteiger charge is -2.34. The Morgan fingerprint density at radius 2 is 0.882 bits per heavy atom. The SMILES string of the molecule is C=Cc1ccc(CC2(c3ccccc3)c3ccccc3-c3ccc(N(c4ccccc4)c4ccc(-c5ccc6c(c5)c5cc(-c7ccc(C=C)cc7)ccc5n6-c5ccccc5)cc4)cc32)cc1. The molecular formula is C66H48N2. The van der Waals surface area contributed by atoms with E-state index in [1.807, 2.05) is 12.2 Å². The van der Waals surface area contributed by atoms with E-state index in [9.17, 15) is 0 Å². The van der Waals surface area contributed by atoms with Crippen LogP contribution in [0.25, 0.3) is 73.0 Å². The molecule has 0 bridgehead atoms. The number of rotatable bonds is 11. The maximum Gasteiger partial charge on any atom is 0.0541 e. The smallest absolute Gasteiger partial charge is 0.0541 e. The topological polar surface area (TPSA) is 8.17 Å². The van der Waals surface area contributed by atoms with Gasteiger partial charge in [0.05, 0.1) is 16.4 Å². The van der Waals surface area contributed by atoms with Crippen LogP contribution in [0.2, 0.25) is 0 Å². The third kappa shape index (κ3) is 6.89. The Morgan fingerprint density at radius 1 is 0.397 bits per heavy atom. The lowest BCUT2D eigenvalue weighted by molar-refractivity contribution is 0.629. The Balaban J connectivity index is 0.976. The number of fused-ring (bicyclic) bond motifs is 6. The summed E-state index contributed by atoms with van der Waals surface area (Å²) >= 11 is 0. The molecule has 0 saturated carbocycles. The summed E-state index contributed by atoms with van der Waals surface area (Å²) in [4.78, 5) is 2.40. The first-order valence-corrected chi connectivity index (χ1v) is 23.4. The number of hydrogen-bond acceptors (Lipinski definition) is 1. The zero-order valence-corrected chi connectivity index (χ0v) is 37.8. The number of para-hydroxylation sites is 2. The van der Waals surface area contributed by atoms with Crippen molar-refractivity contribution in [1.82, 2.24) is 4.57 Å². The first-order chi connectivity index (χ1) is 33.6. The third-order valence-electron chi connectivity index (χ3n) is 14.1. The molecule has 68 heavy (non-hydrogen) atoms. The van der Waals surface area contributed by atoms with Gasteiger partial charge in [-0.05, 0) is 146 Å². The monoisotopic (exact) mass is 868 g/mol. The number of hydrogen-bond donors (Lipinski definition) is 0. The molecule has 0 fully saturated rings. The Kier molecular flexibility index (Phi) is 10.1. The van der Waals surface area contributed by atoms with Crippen molar-refractivity contribution in [2.24, 2.45) is 0 Å². The highest BCUT2D eigenvalue weighted by Gasteiger charge is 2.45. The van der Waals surface area contributed by atoms with E-state index >= 15 is 0 Å². The summed E-state index contributed by atoms with van der Waals surface area (Å²) < 4.78 is 2.39. The van der Waals surface area contributed by atoms with E-state index in [1.54, 1.807) is 0 Å². The predicted molar refractivity (Wildman–Crippen MR) is 288 cm³/mol. The summed E-state index contributed by atoms with van der Waals surface area (Å²) in [6, 6.07) is 89.1. The van der Waals surface area contributed by atoms with Crippen LogP contribution in [0.15, 0.2) is 256 Å². The van der Waals surface area contributed by atoms with E-state index in [0.29, 0.717) is 0 Å². The lowest BCUT2D eigenvalue weighted by atomic mass is 9.68. The first-order valence-electron chi connectivity index (χ1n) is 23.4. The normalized spacial score (nSPS) is 13.8. The van der Waals surface area contributed by atoms with Crippen LogP contribution in [0.3, 0.4) is 0 Å². The van der Waals surface area contributed by atoms with Crippen LogP contribution in [0.4, 0.5) is 17.1 Å². The van der Waals surface area contributed by atoms with Gasteiger partial charge in [-0.25, -0.2) is 0 Å². The van der Waals surface area contributed by atoms with Gasteiger partial charge in [-0.2, -0.15) is 0 Å². The summed E-state index contributed by atoms with van der Waals surface area (Å²) in [5, 5.41) is 2.44. The van der Waals surface area contributed by atoms with E-state index in [1.165, 1.54) is 71.9 Å². The maximum absolute atomic E-state index is 4.02. The highest BCUT2D eigenvalue weighted by Crippen LogP contribution is 2.55. The molecule has 0 radical (unpaired) electrons. The minimum Gasteiger partial charge on any atom is -0.310 e. The van der Waals surface area contributed by atoms with Crippen LogP contribution in [0, 0.1) is 0 Å². The van der Waals surface area contributed by atoms with Crippen molar-refractivity contribution >= 4 is 51.0 Å². The summed E-state index contributed by atoms with van der Waals surface area (Å²) in [7, 11) is 0. The van der Waals surface area contributed by atoms with E-state index in [-0.39, 0.29) is 0 Å². The molecule has 1 aliphatic rings. The van der Waals surface area contributed by atoms with Crippen LogP contribution in [-0.2, 0) is 11.8 Å². The molecule has 322 valence electrons. The lowest BCUT2D eigenvalue weighted by Crippen LogP contribution is -2.30. The molecule has 2 heteroatoms. The standard InChI is InChI=1S/C66H48N2/c1-3-46-24-26-48(27-25-46)45-66(53-16-8-5-9-17-53)62-23-15-14-22-58(62)59-39-38-57(44-63(59)66)67(54-18-10-6-11-19-54)56-36-32-50(33-37-56)52-35-41-65-61(43-52)60-42-51(49-30-28-47(4-2)29-31-49)34-40-64(60)68(65)55-20-12-7-13-21-55/h3-44H,1-2,45H2. The zero-order chi connectivity index (χ0) is 45.6. The molecule has 1 heterocycles. The van der Waals surface area contributed by atoms with Gasteiger partial charge in [-0.15, -0.1) is 0 Å². The van der Waals surface area contributed by atoms with Gasteiger partial charge < -0.3 is 9.47 Å². The molecular weight excluding hydrogens is 821 g/mol. The fourth-order valence-corrected chi connectivity index (χ4v) is 10.8. The fourth-order valence-electron chi connectivity index (χ4n) is 10.8. The largest absolute Gasteiger partial charge is 0.310 e. The van der Waals surface area contributed by atoms with Gasteiger partial charge in [0.1, 0.15) is 0 Å². The molecule has 11 aromatic rings. The van der Waals surface area contributed by atoms with Crippen molar-refractivity contribution in [3.8, 4) is 39.1 Å². The van der Waals surface area contributed by atoms with E-state index in [4.69, 9.17) is 0 Å². The van der Waals surface area contributed by atoms with Crippen molar-refractivity contribution in [3.05, 3.63) is 289 Å². The molecule has 10 aromatic carbocycles. The quantitative estimate of drug-likeness (QED) is 0.126. The molecule has 1 atom stereocenters. The van der Waals surface area contributed by atoms with Crippen LogP contribution in [-0.4, -0.2) is 4.57 Å². The molecule has 0 spiro atoms. The number of aromatic nitrogens is 1. The molecule has 12 rings (SSSR count). The summed E-state index contributed by atoms with van der Waals surface area (Å²) in [5.41, 5.74) is 21.1. The third-order valence-corrected chi connectivity index (χ3v) is 14.1. The molecule has 1 aliphatic carbocycles. The fraction of sp³-hybridized carbons (Fsp3) is 0.0303. The predicted octanol–water partition coefficient (Wildman–Crippen LogP) is 17.4. The summed E-state index contributed by atoms with van der Waals surface area (Å²) in [6.07, 6.45) is 4.63. The summed E-state index contributed by atoms with van der Waals surface area (Å²) in [5.74, 6) is 0. The van der Waals surface area contributed by atoms with Crippen molar-refractivity contribution in [3.63, 3.8) is 0 Å². The maximum atomic E-state index is 4.02. The van der Waals surface area contributed by atoms with Crippen LogP contribution in [0.5, 0.6) is 0 Å². The Hall–Kier alpha value is -8.72. The Labute approximate surface area is 398 Å². The molecule has 0 saturated heterocycles. The number of anilines is 3. The highest BCUT2D eigenvalue weighted by atomic mass is 15.1. The second-order valence-electron chi connectivity index (χ2n) is 17.8. The Morgan fingerprint density at radius 3 is 1.50 bits per heavy atom. The van der Waals surface area contributed by atoms with Crippen LogP contribution >= 0.6 is 0 Å². The highest BCUT2D eigenvalue weighted by molar-refractivity contribution is 6.11. The van der Waals surface area contributed by atoms with Gasteiger partial charge in [0, 0.05) is 33.5 Å². The van der Waals surface area contributed by atoms with Crippen molar-refractivity contribution in [2.45, 2.75) is 11.8 Å². The number of nitrogens with zero attached hydrogens (tertiary/aromatic N) is 2. The van der Waals surface area contributed by atoms with Crippen molar-refractivity contribution in [1.29, 1.82) is 0 Å². The first kappa shape index (κ1) is 40.8. The van der Waals surface area contributed by atoms with Gasteiger partial charge >= 0.3 is 0 Å². The van der Waals surface area contributed by atoms with E-state index in [0.717, 1.165) is 45.9 Å². The van der Waals surface area contributed by atoms with Gasteiger partial charge in [-0.3, -0.25) is 0 Å². The van der Waals surface area contributed by atoms with Gasteiger partial charge in [-0.1, -0.05) is 195 Å². The van der Waals surface area contributed by atoms with Gasteiger partial charge in [0.25, 0.3) is 0 Å². The molecule has 1 unspecified atom stereocenters. The van der Waals surface area contributed by atoms with E-state index < -0.39 is 5.41 Å². The number of benzene rings is 10. The second kappa shape index (κ2) is 16.9. The van der Waals surface area contributed by atoms with Crippen LogP contribution < -0.4 is 4.90 Å². The molecule has 1 aromatic heterocycles. The average Bonchev–Trinajstić information content (AvgIpc) is 3.89. The summed E-state index contributed by atoms with van der Waals surface area (Å²) in [6.45, 7) is 7.97. The van der Waals surface area contributed by atoms with Crippen molar-refractivity contribution in [2.75, 3.05) is 4.90 Å². The average molecular weight is 869 g/mol. The molecule has 2 nitrogen and oxygen atoms in total. The van der Waals surface area contributed by atoms with Crippen molar-refractivity contribution < 1.29 is 0 Å². The second-order valence-corrected chi connectivity index (χ2v) is 17.8. The van der Waals surface area contributed by atoms with E-state index in [2.05, 4.69) is 265 Å². The van der Waals surface area contributed by atoms with Crippen LogP contribution in [0.1, 0.15) is 33.4 Å².